The molecule has 0 atom stereocenters. The molecule has 1 saturated heterocycles. The maximum absolute atomic E-state index is 6.10. The highest BCUT2D eigenvalue weighted by atomic mass is 15.2. The first-order chi connectivity index (χ1) is 11.7. The zero-order valence-corrected chi connectivity index (χ0v) is 13.9. The van der Waals surface area contributed by atoms with Crippen LogP contribution in [0.2, 0.25) is 0 Å². The van der Waals surface area contributed by atoms with Gasteiger partial charge in [0.15, 0.2) is 0 Å². The van der Waals surface area contributed by atoms with E-state index in [-0.39, 0.29) is 0 Å². The quantitative estimate of drug-likeness (QED) is 0.788. The predicted molar refractivity (Wildman–Crippen MR) is 101 cm³/mol. The minimum absolute atomic E-state index is 0.578. The summed E-state index contributed by atoms with van der Waals surface area (Å²) in [6.07, 6.45) is 0. The minimum Gasteiger partial charge on any atom is -0.384 e. The first kappa shape index (κ1) is 15.0. The number of nitrogens with two attached hydrogens (primary N) is 1. The molecule has 1 aromatic heterocycles. The van der Waals surface area contributed by atoms with Gasteiger partial charge in [0, 0.05) is 43.5 Å². The molecule has 0 spiro atoms. The van der Waals surface area contributed by atoms with Gasteiger partial charge in [0.1, 0.15) is 5.82 Å². The Kier molecular flexibility index (Phi) is 3.82. The molecule has 4 rings (SSSR count). The predicted octanol–water partition coefficient (Wildman–Crippen LogP) is 3.24. The summed E-state index contributed by atoms with van der Waals surface area (Å²) >= 11 is 0. The van der Waals surface area contributed by atoms with Crippen LogP contribution in [-0.2, 0) is 0 Å². The molecule has 0 radical (unpaired) electrons. The Morgan fingerprint density at radius 3 is 2.42 bits per heavy atom. The summed E-state index contributed by atoms with van der Waals surface area (Å²) in [5.41, 5.74) is 9.31. The van der Waals surface area contributed by atoms with Gasteiger partial charge in [0.25, 0.3) is 0 Å². The summed E-state index contributed by atoms with van der Waals surface area (Å²) in [7, 11) is 2.17. The second kappa shape index (κ2) is 6.13. The summed E-state index contributed by atoms with van der Waals surface area (Å²) in [5, 5.41) is 2.46. The van der Waals surface area contributed by atoms with Gasteiger partial charge in [0.05, 0.1) is 5.69 Å². The van der Waals surface area contributed by atoms with E-state index in [0.717, 1.165) is 37.4 Å². The third-order valence-corrected chi connectivity index (χ3v) is 4.74. The molecule has 24 heavy (non-hydrogen) atoms. The van der Waals surface area contributed by atoms with Gasteiger partial charge >= 0.3 is 0 Å². The molecule has 1 aliphatic rings. The molecule has 0 saturated carbocycles. The number of pyridine rings is 1. The second-order valence-electron chi connectivity index (χ2n) is 6.49. The molecule has 0 aliphatic carbocycles. The zero-order chi connectivity index (χ0) is 16.5. The van der Waals surface area contributed by atoms with Crippen LogP contribution in [0.15, 0.2) is 54.6 Å². The number of likely N-dealkylation sites (N-methyl/N-ethyl adjacent to an activating group) is 1. The van der Waals surface area contributed by atoms with Crippen molar-refractivity contribution in [2.45, 2.75) is 0 Å². The van der Waals surface area contributed by atoms with Crippen molar-refractivity contribution in [1.82, 2.24) is 9.88 Å². The van der Waals surface area contributed by atoms with Gasteiger partial charge in [-0.05, 0) is 30.0 Å². The monoisotopic (exact) mass is 318 g/mol. The van der Waals surface area contributed by atoms with Crippen LogP contribution >= 0.6 is 0 Å². The van der Waals surface area contributed by atoms with E-state index in [1.54, 1.807) is 0 Å². The number of aromatic nitrogens is 1. The number of hydrogen-bond acceptors (Lipinski definition) is 4. The van der Waals surface area contributed by atoms with Crippen molar-refractivity contribution >= 4 is 22.3 Å². The van der Waals surface area contributed by atoms with E-state index in [1.165, 1.54) is 16.5 Å². The molecular formula is C20H22N4. The number of rotatable bonds is 2. The molecule has 2 heterocycles. The molecule has 4 nitrogen and oxygen atoms in total. The first-order valence-corrected chi connectivity index (χ1v) is 8.39. The molecule has 2 aromatic carbocycles. The summed E-state index contributed by atoms with van der Waals surface area (Å²) in [6, 6.07) is 19.0. The van der Waals surface area contributed by atoms with Gasteiger partial charge in [-0.15, -0.1) is 0 Å². The van der Waals surface area contributed by atoms with Crippen molar-refractivity contribution in [3.8, 4) is 11.3 Å². The van der Waals surface area contributed by atoms with Crippen molar-refractivity contribution in [3.05, 3.63) is 54.6 Å². The first-order valence-electron chi connectivity index (χ1n) is 8.39. The van der Waals surface area contributed by atoms with Gasteiger partial charge in [-0.2, -0.15) is 0 Å². The van der Waals surface area contributed by atoms with E-state index in [4.69, 9.17) is 5.73 Å². The van der Waals surface area contributed by atoms with E-state index in [1.807, 2.05) is 6.07 Å². The Labute approximate surface area is 142 Å². The lowest BCUT2D eigenvalue weighted by molar-refractivity contribution is 0.313. The fraction of sp³-hybridized carbons (Fsp3) is 0.250. The van der Waals surface area contributed by atoms with Gasteiger partial charge in [0.2, 0.25) is 0 Å². The van der Waals surface area contributed by atoms with E-state index >= 15 is 0 Å². The van der Waals surface area contributed by atoms with Crippen LogP contribution in [0.5, 0.6) is 0 Å². The summed E-state index contributed by atoms with van der Waals surface area (Å²) in [4.78, 5) is 9.31. The standard InChI is InChI=1S/C20H22N4/c1-23-8-10-24(11-9-23)18-13-19(22-20(21)14-18)17-7-6-15-4-2-3-5-16(15)12-17/h2-7,12-14H,8-11H2,1H3,(H2,21,22). The van der Waals surface area contributed by atoms with E-state index in [0.29, 0.717) is 5.82 Å². The van der Waals surface area contributed by atoms with Crippen LogP contribution in [0.3, 0.4) is 0 Å². The molecule has 0 amide bonds. The van der Waals surface area contributed by atoms with Crippen molar-refractivity contribution in [3.63, 3.8) is 0 Å². The van der Waals surface area contributed by atoms with Gasteiger partial charge in [-0.1, -0.05) is 36.4 Å². The third-order valence-electron chi connectivity index (χ3n) is 4.74. The minimum atomic E-state index is 0.578. The van der Waals surface area contributed by atoms with Crippen molar-refractivity contribution in [1.29, 1.82) is 0 Å². The number of hydrogen-bond donors (Lipinski definition) is 1. The SMILES string of the molecule is CN1CCN(c2cc(N)nc(-c3ccc4ccccc4c3)c2)CC1. The van der Waals surface area contributed by atoms with Crippen LogP contribution in [0, 0.1) is 0 Å². The van der Waals surface area contributed by atoms with Crippen LogP contribution in [0.25, 0.3) is 22.0 Å². The average molecular weight is 318 g/mol. The number of benzene rings is 2. The highest BCUT2D eigenvalue weighted by molar-refractivity contribution is 5.87. The smallest absolute Gasteiger partial charge is 0.126 e. The van der Waals surface area contributed by atoms with E-state index < -0.39 is 0 Å². The topological polar surface area (TPSA) is 45.4 Å². The molecule has 0 unspecified atom stereocenters. The van der Waals surface area contributed by atoms with Gasteiger partial charge in [-0.3, -0.25) is 0 Å². The second-order valence-corrected chi connectivity index (χ2v) is 6.49. The Hall–Kier alpha value is -2.59. The number of piperazine rings is 1. The molecule has 1 fully saturated rings. The van der Waals surface area contributed by atoms with E-state index in [9.17, 15) is 0 Å². The number of nitrogens with zero attached hydrogens (tertiary/aromatic N) is 3. The molecule has 4 heteroatoms. The summed E-state index contributed by atoms with van der Waals surface area (Å²) < 4.78 is 0. The maximum atomic E-state index is 6.10. The highest BCUT2D eigenvalue weighted by Crippen LogP contribution is 2.28. The molecule has 3 aromatic rings. The summed E-state index contributed by atoms with van der Waals surface area (Å²) in [5.74, 6) is 0.578. The fourth-order valence-corrected chi connectivity index (χ4v) is 3.28. The molecule has 1 aliphatic heterocycles. The Morgan fingerprint density at radius 1 is 0.875 bits per heavy atom. The number of nitrogen functional groups attached to an aromatic ring is 1. The van der Waals surface area contributed by atoms with Gasteiger partial charge < -0.3 is 15.5 Å². The van der Waals surface area contributed by atoms with Gasteiger partial charge in [-0.25, -0.2) is 4.98 Å². The number of anilines is 2. The van der Waals surface area contributed by atoms with Crippen molar-refractivity contribution in [2.75, 3.05) is 43.9 Å². The lowest BCUT2D eigenvalue weighted by atomic mass is 10.0. The molecular weight excluding hydrogens is 296 g/mol. The van der Waals surface area contributed by atoms with E-state index in [2.05, 4.69) is 70.4 Å². The fourth-order valence-electron chi connectivity index (χ4n) is 3.28. The van der Waals surface area contributed by atoms with Crippen molar-refractivity contribution < 1.29 is 0 Å². The number of fused-ring (bicyclic) bond motifs is 1. The van der Waals surface area contributed by atoms with Crippen LogP contribution < -0.4 is 10.6 Å². The van der Waals surface area contributed by atoms with Crippen molar-refractivity contribution in [2.24, 2.45) is 0 Å². The lowest BCUT2D eigenvalue weighted by Gasteiger charge is -2.34. The van der Waals surface area contributed by atoms with Crippen LogP contribution in [-0.4, -0.2) is 43.1 Å². The average Bonchev–Trinajstić information content (AvgIpc) is 2.61. The molecule has 0 bridgehead atoms. The Balaban J connectivity index is 1.71. The Bertz CT molecular complexity index is 866. The normalized spacial score (nSPS) is 15.8. The van der Waals surface area contributed by atoms with Crippen LogP contribution in [0.1, 0.15) is 0 Å². The maximum Gasteiger partial charge on any atom is 0.126 e. The molecule has 122 valence electrons. The largest absolute Gasteiger partial charge is 0.384 e. The third kappa shape index (κ3) is 2.93. The zero-order valence-electron chi connectivity index (χ0n) is 13.9. The Morgan fingerprint density at radius 2 is 1.62 bits per heavy atom. The summed E-state index contributed by atoms with van der Waals surface area (Å²) in [6.45, 7) is 4.20. The molecule has 2 N–H and O–H groups in total. The highest BCUT2D eigenvalue weighted by Gasteiger charge is 2.16. The lowest BCUT2D eigenvalue weighted by Crippen LogP contribution is -2.44. The van der Waals surface area contributed by atoms with Crippen LogP contribution in [0.4, 0.5) is 11.5 Å².